The molecule has 0 saturated carbocycles. The highest BCUT2D eigenvalue weighted by molar-refractivity contribution is 7.90. The lowest BCUT2D eigenvalue weighted by atomic mass is 9.93. The summed E-state index contributed by atoms with van der Waals surface area (Å²) >= 11 is 0. The monoisotopic (exact) mass is 607 g/mol. The molecule has 9 heteroatoms. The molecule has 5 aromatic rings. The molecule has 0 spiro atoms. The summed E-state index contributed by atoms with van der Waals surface area (Å²) in [6.45, 7) is 9.81. The van der Waals surface area contributed by atoms with Crippen LogP contribution in [0, 0.1) is 27.7 Å². The highest BCUT2D eigenvalue weighted by Crippen LogP contribution is 2.38. The number of nitrogens with two attached hydrogens (primary N) is 1. The van der Waals surface area contributed by atoms with E-state index in [1.54, 1.807) is 42.7 Å². The first kappa shape index (κ1) is 29.6. The number of amides is 1. The number of carbonyl (C=O) groups excluding carboxylic acids is 1. The lowest BCUT2D eigenvalue weighted by Gasteiger charge is -2.21. The highest BCUT2D eigenvalue weighted by Gasteiger charge is 2.26. The smallest absolute Gasteiger partial charge is 0.269 e. The van der Waals surface area contributed by atoms with Gasteiger partial charge >= 0.3 is 0 Å². The van der Waals surface area contributed by atoms with Gasteiger partial charge in [0.15, 0.2) is 5.65 Å². The second-order valence-corrected chi connectivity index (χ2v) is 13.6. The number of fused-ring (bicyclic) bond motifs is 1. The number of anilines is 1. The zero-order valence-electron chi connectivity index (χ0n) is 25.7. The minimum Gasteiger partial charge on any atom is -0.370 e. The van der Waals surface area contributed by atoms with Crippen LogP contribution in [-0.4, -0.2) is 49.5 Å². The van der Waals surface area contributed by atoms with Crippen LogP contribution in [0.3, 0.4) is 0 Å². The average molecular weight is 608 g/mol. The van der Waals surface area contributed by atoms with Gasteiger partial charge in [-0.2, -0.15) is 0 Å². The molecule has 1 aliphatic heterocycles. The van der Waals surface area contributed by atoms with Crippen molar-refractivity contribution >= 4 is 32.7 Å². The number of hydrogen-bond donors (Lipinski definition) is 2. The number of rotatable bonds is 7. The van der Waals surface area contributed by atoms with Crippen LogP contribution >= 0.6 is 0 Å². The second kappa shape index (κ2) is 11.2. The fourth-order valence-electron chi connectivity index (χ4n) is 6.24. The van der Waals surface area contributed by atoms with Crippen LogP contribution < -0.4 is 16.0 Å². The zero-order valence-corrected chi connectivity index (χ0v) is 26.5. The molecule has 3 N–H and O–H groups in total. The highest BCUT2D eigenvalue weighted by atomic mass is 32.2. The van der Waals surface area contributed by atoms with E-state index in [-0.39, 0.29) is 4.90 Å². The first-order valence-corrected chi connectivity index (χ1v) is 16.2. The number of primary amides is 1. The summed E-state index contributed by atoms with van der Waals surface area (Å²) in [5, 5.41) is 4.08. The summed E-state index contributed by atoms with van der Waals surface area (Å²) in [4.78, 5) is 19.4. The first-order chi connectivity index (χ1) is 21.0. The summed E-state index contributed by atoms with van der Waals surface area (Å²) in [6, 6.07) is 19.3. The van der Waals surface area contributed by atoms with Gasteiger partial charge in [-0.05, 0) is 105 Å². The van der Waals surface area contributed by atoms with E-state index in [0.717, 1.165) is 52.9 Å². The third-order valence-corrected chi connectivity index (χ3v) is 10.7. The summed E-state index contributed by atoms with van der Waals surface area (Å²) in [6.07, 6.45) is 4.49. The van der Waals surface area contributed by atoms with Crippen molar-refractivity contribution in [3.8, 4) is 22.3 Å². The van der Waals surface area contributed by atoms with Gasteiger partial charge in [0.2, 0.25) is 5.91 Å². The van der Waals surface area contributed by atoms with Crippen molar-refractivity contribution < 1.29 is 13.2 Å². The van der Waals surface area contributed by atoms with Crippen molar-refractivity contribution in [2.45, 2.75) is 45.1 Å². The Balaban J connectivity index is 1.52. The van der Waals surface area contributed by atoms with Crippen molar-refractivity contribution in [3.05, 3.63) is 101 Å². The van der Waals surface area contributed by atoms with Gasteiger partial charge in [0.1, 0.15) is 0 Å². The summed E-state index contributed by atoms with van der Waals surface area (Å²) in [5.74, 6) is -0.500. The maximum absolute atomic E-state index is 14.0. The lowest BCUT2D eigenvalue weighted by Crippen LogP contribution is -2.29. The molecule has 1 fully saturated rings. The number of pyridine rings is 1. The number of nitrogens with one attached hydrogen (secondary N) is 1. The van der Waals surface area contributed by atoms with Gasteiger partial charge in [-0.3, -0.25) is 4.79 Å². The SMILES string of the molecule is CNC1CCN(c2ccc(-c3cnc4c(c3)c(-c3ccc(C(N)=O)c(C)c3C)cn4S(=O)(=O)c3ccc(C)cc3)cc2C)C1. The number of benzene rings is 3. The molecular formula is C35H37N5O3S. The molecule has 2 aromatic heterocycles. The van der Waals surface area contributed by atoms with Gasteiger partial charge in [0.25, 0.3) is 10.0 Å². The summed E-state index contributed by atoms with van der Waals surface area (Å²) < 4.78 is 29.2. The predicted molar refractivity (Wildman–Crippen MR) is 177 cm³/mol. The van der Waals surface area contributed by atoms with Crippen LogP contribution in [-0.2, 0) is 10.0 Å². The molecule has 3 aromatic carbocycles. The van der Waals surface area contributed by atoms with Crippen LogP contribution in [0.5, 0.6) is 0 Å². The number of nitrogens with zero attached hydrogens (tertiary/aromatic N) is 3. The van der Waals surface area contributed by atoms with Crippen LogP contribution in [0.15, 0.2) is 78.0 Å². The quantitative estimate of drug-likeness (QED) is 0.244. The molecule has 6 rings (SSSR count). The molecule has 44 heavy (non-hydrogen) atoms. The largest absolute Gasteiger partial charge is 0.370 e. The number of hydrogen-bond acceptors (Lipinski definition) is 6. The Morgan fingerprint density at radius 3 is 2.34 bits per heavy atom. The maximum atomic E-state index is 14.0. The van der Waals surface area contributed by atoms with Gasteiger partial charge in [-0.1, -0.05) is 29.8 Å². The first-order valence-electron chi connectivity index (χ1n) is 14.8. The molecule has 0 radical (unpaired) electrons. The van der Waals surface area contributed by atoms with Gasteiger partial charge < -0.3 is 16.0 Å². The van der Waals surface area contributed by atoms with E-state index < -0.39 is 15.9 Å². The molecule has 1 unspecified atom stereocenters. The molecule has 1 aliphatic rings. The molecule has 1 atom stereocenters. The van der Waals surface area contributed by atoms with E-state index in [1.807, 2.05) is 40.0 Å². The van der Waals surface area contributed by atoms with E-state index >= 15 is 0 Å². The van der Waals surface area contributed by atoms with Gasteiger partial charge in [-0.15, -0.1) is 0 Å². The topological polar surface area (TPSA) is 110 Å². The van der Waals surface area contributed by atoms with E-state index in [4.69, 9.17) is 10.7 Å². The van der Waals surface area contributed by atoms with Crippen LogP contribution in [0.4, 0.5) is 5.69 Å². The molecule has 1 saturated heterocycles. The van der Waals surface area contributed by atoms with Crippen molar-refractivity contribution in [2.75, 3.05) is 25.0 Å². The molecular weight excluding hydrogens is 570 g/mol. The van der Waals surface area contributed by atoms with Crippen molar-refractivity contribution in [1.29, 1.82) is 0 Å². The molecule has 8 nitrogen and oxygen atoms in total. The Bertz CT molecular complexity index is 2030. The average Bonchev–Trinajstić information content (AvgIpc) is 3.64. The fourth-order valence-corrected chi connectivity index (χ4v) is 7.57. The molecule has 3 heterocycles. The molecule has 226 valence electrons. The lowest BCUT2D eigenvalue weighted by molar-refractivity contribution is 0.0999. The van der Waals surface area contributed by atoms with E-state index in [2.05, 4.69) is 35.3 Å². The zero-order chi connectivity index (χ0) is 31.3. The Morgan fingerprint density at radius 1 is 0.932 bits per heavy atom. The van der Waals surface area contributed by atoms with Gasteiger partial charge in [-0.25, -0.2) is 17.4 Å². The van der Waals surface area contributed by atoms with Crippen molar-refractivity contribution in [1.82, 2.24) is 14.3 Å². The van der Waals surface area contributed by atoms with Gasteiger partial charge in [0.05, 0.1) is 4.90 Å². The Labute approximate surface area is 258 Å². The molecule has 0 aliphatic carbocycles. The summed E-state index contributed by atoms with van der Waals surface area (Å²) in [5.41, 5.74) is 14.8. The normalized spacial score (nSPS) is 15.3. The fraction of sp³-hybridized carbons (Fsp3) is 0.257. The number of likely N-dealkylation sites (N-methyl/N-ethyl adjacent to an activating group) is 1. The predicted octanol–water partition coefficient (Wildman–Crippen LogP) is 5.74. The van der Waals surface area contributed by atoms with Crippen molar-refractivity contribution in [3.63, 3.8) is 0 Å². The second-order valence-electron chi connectivity index (χ2n) is 11.7. The number of aryl methyl sites for hydroxylation is 2. The van der Waals surface area contributed by atoms with E-state index in [1.165, 1.54) is 15.2 Å². The number of carbonyl (C=O) groups is 1. The Morgan fingerprint density at radius 2 is 1.68 bits per heavy atom. The minimum atomic E-state index is -3.95. The van der Waals surface area contributed by atoms with Crippen molar-refractivity contribution in [2.24, 2.45) is 5.73 Å². The molecule has 0 bridgehead atoms. The van der Waals surface area contributed by atoms with Gasteiger partial charge in [0, 0.05) is 59.3 Å². The van der Waals surface area contributed by atoms with E-state index in [0.29, 0.717) is 28.2 Å². The maximum Gasteiger partial charge on any atom is 0.269 e. The number of aromatic nitrogens is 2. The summed E-state index contributed by atoms with van der Waals surface area (Å²) in [7, 11) is -1.94. The minimum absolute atomic E-state index is 0.183. The Kier molecular flexibility index (Phi) is 7.55. The third kappa shape index (κ3) is 5.06. The molecule has 1 amide bonds. The van der Waals surface area contributed by atoms with Crippen LogP contribution in [0.25, 0.3) is 33.3 Å². The standard InChI is InChI=1S/C35H37N5O3S/c1-21-6-9-28(10-7-21)44(42,43)40-20-32(29-11-12-30(34(36)41)24(4)23(29)3)31-17-26(18-38-35(31)40)25-8-13-33(22(2)16-25)39-15-14-27(19-39)37-5/h6-13,16-18,20,27,37H,14-15,19H2,1-5H3,(H2,36,41). The third-order valence-electron chi connectivity index (χ3n) is 9.00. The van der Waals surface area contributed by atoms with Crippen LogP contribution in [0.2, 0.25) is 0 Å². The van der Waals surface area contributed by atoms with E-state index in [9.17, 15) is 13.2 Å². The Hall–Kier alpha value is -4.47. The van der Waals surface area contributed by atoms with Crippen LogP contribution in [0.1, 0.15) is 39.0 Å².